The lowest BCUT2D eigenvalue weighted by molar-refractivity contribution is -0.136. The number of methoxy groups -OCH3 is 1. The maximum absolute atomic E-state index is 13.5. The summed E-state index contributed by atoms with van der Waals surface area (Å²) < 4.78 is 18.3. The fourth-order valence-corrected chi connectivity index (χ4v) is 2.09. The van der Waals surface area contributed by atoms with E-state index in [4.69, 9.17) is 4.74 Å². The number of hydrogen-bond acceptors (Lipinski definition) is 4. The number of aromatic nitrogens is 1. The normalized spacial score (nSPS) is 15.3. The minimum absolute atomic E-state index is 0.0108. The van der Waals surface area contributed by atoms with Gasteiger partial charge in [-0.3, -0.25) is 14.6 Å². The minimum Gasteiger partial charge on any atom is -0.375 e. The van der Waals surface area contributed by atoms with Crippen molar-refractivity contribution >= 4 is 11.8 Å². The number of carbonyl (C=O) groups excluding carboxylic acids is 2. The highest BCUT2D eigenvalue weighted by atomic mass is 19.1. The molecule has 0 bridgehead atoms. The highest BCUT2D eigenvalue weighted by molar-refractivity contribution is 5.94. The van der Waals surface area contributed by atoms with E-state index in [9.17, 15) is 14.0 Å². The minimum atomic E-state index is -0.629. The van der Waals surface area contributed by atoms with Crippen molar-refractivity contribution in [2.75, 3.05) is 39.9 Å². The molecule has 1 aliphatic rings. The first-order chi connectivity index (χ1) is 9.63. The lowest BCUT2D eigenvalue weighted by atomic mass is 10.2. The van der Waals surface area contributed by atoms with Crippen molar-refractivity contribution in [3.8, 4) is 0 Å². The SMILES string of the molecule is COCC(=O)N1CCN(C(=O)c2ccncc2F)CC1. The van der Waals surface area contributed by atoms with Crippen LogP contribution >= 0.6 is 0 Å². The maximum atomic E-state index is 13.5. The molecule has 0 aliphatic carbocycles. The van der Waals surface area contributed by atoms with Gasteiger partial charge in [-0.1, -0.05) is 0 Å². The van der Waals surface area contributed by atoms with Gasteiger partial charge in [0.15, 0.2) is 5.82 Å². The van der Waals surface area contributed by atoms with Gasteiger partial charge in [-0.2, -0.15) is 0 Å². The molecular formula is C13H16FN3O3. The van der Waals surface area contributed by atoms with Crippen molar-refractivity contribution in [3.05, 3.63) is 29.8 Å². The van der Waals surface area contributed by atoms with E-state index >= 15 is 0 Å². The smallest absolute Gasteiger partial charge is 0.257 e. The van der Waals surface area contributed by atoms with E-state index in [-0.39, 0.29) is 24.0 Å². The predicted molar refractivity (Wildman–Crippen MR) is 68.6 cm³/mol. The van der Waals surface area contributed by atoms with Crippen LogP contribution in [0.25, 0.3) is 0 Å². The zero-order chi connectivity index (χ0) is 14.5. The first kappa shape index (κ1) is 14.4. The summed E-state index contributed by atoms with van der Waals surface area (Å²) in [6, 6.07) is 1.36. The van der Waals surface area contributed by atoms with E-state index in [0.717, 1.165) is 6.20 Å². The van der Waals surface area contributed by atoms with Crippen molar-refractivity contribution in [1.29, 1.82) is 0 Å². The van der Waals surface area contributed by atoms with Gasteiger partial charge in [0.05, 0.1) is 11.8 Å². The molecule has 0 saturated carbocycles. The molecule has 2 heterocycles. The molecule has 0 unspecified atom stereocenters. The monoisotopic (exact) mass is 281 g/mol. The average Bonchev–Trinajstić information content (AvgIpc) is 2.47. The molecule has 2 rings (SSSR count). The molecule has 1 saturated heterocycles. The summed E-state index contributed by atoms with van der Waals surface area (Å²) in [5, 5.41) is 0. The Kier molecular flexibility index (Phi) is 4.62. The van der Waals surface area contributed by atoms with Gasteiger partial charge in [0.2, 0.25) is 5.91 Å². The summed E-state index contributed by atoms with van der Waals surface area (Å²) in [4.78, 5) is 30.6. The van der Waals surface area contributed by atoms with Crippen LogP contribution in [0, 0.1) is 5.82 Å². The molecule has 7 heteroatoms. The Morgan fingerprint density at radius 1 is 1.30 bits per heavy atom. The highest BCUT2D eigenvalue weighted by Gasteiger charge is 2.25. The quantitative estimate of drug-likeness (QED) is 0.791. The molecule has 20 heavy (non-hydrogen) atoms. The lowest BCUT2D eigenvalue weighted by Gasteiger charge is -2.34. The molecule has 0 spiro atoms. The van der Waals surface area contributed by atoms with Gasteiger partial charge in [-0.05, 0) is 6.07 Å². The summed E-state index contributed by atoms with van der Waals surface area (Å²) in [7, 11) is 1.46. The van der Waals surface area contributed by atoms with Crippen LogP contribution in [0.4, 0.5) is 4.39 Å². The second-order valence-electron chi connectivity index (χ2n) is 4.46. The van der Waals surface area contributed by atoms with Crippen molar-refractivity contribution < 1.29 is 18.7 Å². The number of ether oxygens (including phenoxy) is 1. The Morgan fingerprint density at radius 3 is 2.55 bits per heavy atom. The fourth-order valence-electron chi connectivity index (χ4n) is 2.09. The summed E-state index contributed by atoms with van der Waals surface area (Å²) in [5.41, 5.74) is 0.0108. The van der Waals surface area contributed by atoms with Crippen LogP contribution in [0.5, 0.6) is 0 Å². The molecule has 1 fully saturated rings. The van der Waals surface area contributed by atoms with E-state index in [1.54, 1.807) is 4.90 Å². The van der Waals surface area contributed by atoms with Crippen LogP contribution < -0.4 is 0 Å². The Labute approximate surface area is 116 Å². The van der Waals surface area contributed by atoms with Gasteiger partial charge < -0.3 is 14.5 Å². The van der Waals surface area contributed by atoms with E-state index in [1.165, 1.54) is 24.3 Å². The molecule has 0 radical (unpaired) electrons. The van der Waals surface area contributed by atoms with Gasteiger partial charge >= 0.3 is 0 Å². The topological polar surface area (TPSA) is 62.7 Å². The third kappa shape index (κ3) is 3.11. The number of amides is 2. The number of piperazine rings is 1. The second-order valence-corrected chi connectivity index (χ2v) is 4.46. The maximum Gasteiger partial charge on any atom is 0.257 e. The molecule has 0 N–H and O–H groups in total. The number of halogens is 1. The van der Waals surface area contributed by atoms with Crippen LogP contribution in [-0.4, -0.2) is 66.5 Å². The van der Waals surface area contributed by atoms with E-state index in [1.807, 2.05) is 0 Å². The Morgan fingerprint density at radius 2 is 1.95 bits per heavy atom. The van der Waals surface area contributed by atoms with E-state index in [0.29, 0.717) is 26.2 Å². The third-order valence-corrected chi connectivity index (χ3v) is 3.19. The molecule has 108 valence electrons. The fraction of sp³-hybridized carbons (Fsp3) is 0.462. The van der Waals surface area contributed by atoms with Crippen LogP contribution in [0.15, 0.2) is 18.5 Å². The summed E-state index contributed by atoms with van der Waals surface area (Å²) in [5.74, 6) is -1.10. The summed E-state index contributed by atoms with van der Waals surface area (Å²) in [6.45, 7) is 1.67. The largest absolute Gasteiger partial charge is 0.375 e. The predicted octanol–water partition coefficient (Wildman–Crippen LogP) is 0.151. The standard InChI is InChI=1S/C13H16FN3O3/c1-20-9-12(18)16-4-6-17(7-5-16)13(19)10-2-3-15-8-11(10)14/h2-3,8H,4-7,9H2,1H3. The summed E-state index contributed by atoms with van der Waals surface area (Å²) in [6.07, 6.45) is 2.40. The van der Waals surface area contributed by atoms with Crippen LogP contribution in [0.3, 0.4) is 0 Å². The molecule has 1 aliphatic heterocycles. The molecule has 0 atom stereocenters. The van der Waals surface area contributed by atoms with E-state index in [2.05, 4.69) is 4.98 Å². The van der Waals surface area contributed by atoms with Gasteiger partial charge in [-0.15, -0.1) is 0 Å². The molecule has 6 nitrogen and oxygen atoms in total. The van der Waals surface area contributed by atoms with Gasteiger partial charge in [0, 0.05) is 39.5 Å². The second kappa shape index (κ2) is 6.42. The number of pyridine rings is 1. The number of hydrogen-bond donors (Lipinski definition) is 0. The Hall–Kier alpha value is -2.02. The van der Waals surface area contributed by atoms with E-state index < -0.39 is 5.82 Å². The Balaban J connectivity index is 1.96. The van der Waals surface area contributed by atoms with Crippen LogP contribution in [0.1, 0.15) is 10.4 Å². The van der Waals surface area contributed by atoms with Gasteiger partial charge in [-0.25, -0.2) is 4.39 Å². The number of nitrogens with zero attached hydrogens (tertiary/aromatic N) is 3. The third-order valence-electron chi connectivity index (χ3n) is 3.19. The average molecular weight is 281 g/mol. The molecule has 2 amide bonds. The first-order valence-corrected chi connectivity index (χ1v) is 6.29. The van der Waals surface area contributed by atoms with Crippen LogP contribution in [-0.2, 0) is 9.53 Å². The molecular weight excluding hydrogens is 265 g/mol. The molecule has 1 aromatic rings. The van der Waals surface area contributed by atoms with Gasteiger partial charge in [0.25, 0.3) is 5.91 Å². The summed E-state index contributed by atoms with van der Waals surface area (Å²) >= 11 is 0. The number of rotatable bonds is 3. The highest BCUT2D eigenvalue weighted by Crippen LogP contribution is 2.11. The molecule has 0 aromatic carbocycles. The van der Waals surface area contributed by atoms with Crippen molar-refractivity contribution in [1.82, 2.24) is 14.8 Å². The van der Waals surface area contributed by atoms with Gasteiger partial charge in [0.1, 0.15) is 6.61 Å². The van der Waals surface area contributed by atoms with Crippen molar-refractivity contribution in [2.24, 2.45) is 0 Å². The zero-order valence-corrected chi connectivity index (χ0v) is 11.2. The zero-order valence-electron chi connectivity index (χ0n) is 11.2. The lowest BCUT2D eigenvalue weighted by Crippen LogP contribution is -2.51. The first-order valence-electron chi connectivity index (χ1n) is 6.29. The van der Waals surface area contributed by atoms with Crippen molar-refractivity contribution in [2.45, 2.75) is 0 Å². The van der Waals surface area contributed by atoms with Crippen LogP contribution in [0.2, 0.25) is 0 Å². The van der Waals surface area contributed by atoms with Crippen molar-refractivity contribution in [3.63, 3.8) is 0 Å². The number of carbonyl (C=O) groups is 2. The Bertz CT molecular complexity index is 501. The molecule has 1 aromatic heterocycles.